The molecule has 0 aliphatic carbocycles. The van der Waals surface area contributed by atoms with Crippen LogP contribution in [0.2, 0.25) is 5.02 Å². The van der Waals surface area contributed by atoms with E-state index < -0.39 is 0 Å². The molecule has 0 radical (unpaired) electrons. The van der Waals surface area contributed by atoms with E-state index in [2.05, 4.69) is 0 Å². The van der Waals surface area contributed by atoms with Crippen LogP contribution in [0.5, 0.6) is 0 Å². The number of rotatable bonds is 4. The summed E-state index contributed by atoms with van der Waals surface area (Å²) in [4.78, 5) is 0.620. The van der Waals surface area contributed by atoms with Gasteiger partial charge in [0.25, 0.3) is 0 Å². The molecule has 1 atom stereocenters. The average Bonchev–Trinajstić information content (AvgIpc) is 2.37. The predicted octanol–water partition coefficient (Wildman–Crippen LogP) is 4.27. The van der Waals surface area contributed by atoms with E-state index >= 15 is 0 Å². The topological polar surface area (TPSA) is 26.0 Å². The van der Waals surface area contributed by atoms with E-state index in [0.717, 1.165) is 5.56 Å². The predicted molar refractivity (Wildman–Crippen MR) is 75.5 cm³/mol. The first-order valence-electron chi connectivity index (χ1n) is 5.55. The zero-order valence-electron chi connectivity index (χ0n) is 9.64. The van der Waals surface area contributed by atoms with E-state index in [1.165, 1.54) is 17.8 Å². The van der Waals surface area contributed by atoms with E-state index in [-0.39, 0.29) is 11.9 Å². The van der Waals surface area contributed by atoms with Crippen molar-refractivity contribution in [2.45, 2.75) is 10.9 Å². The molecule has 0 saturated heterocycles. The van der Waals surface area contributed by atoms with Crippen LogP contribution in [-0.4, -0.2) is 5.75 Å². The van der Waals surface area contributed by atoms with Gasteiger partial charge in [0.15, 0.2) is 0 Å². The lowest BCUT2D eigenvalue weighted by atomic mass is 10.1. The maximum absolute atomic E-state index is 13.4. The second-order valence-electron chi connectivity index (χ2n) is 3.90. The third kappa shape index (κ3) is 3.48. The molecule has 2 N–H and O–H groups in total. The summed E-state index contributed by atoms with van der Waals surface area (Å²) in [5.41, 5.74) is 7.02. The highest BCUT2D eigenvalue weighted by molar-refractivity contribution is 7.99. The number of nitrogens with two attached hydrogens (primary N) is 1. The number of benzene rings is 2. The third-order valence-corrected chi connectivity index (χ3v) is 3.93. The van der Waals surface area contributed by atoms with Gasteiger partial charge in [-0.2, -0.15) is 0 Å². The SMILES string of the molecule is NC(CSc1ccccc1F)c1cccc(Cl)c1. The zero-order chi connectivity index (χ0) is 13.0. The third-order valence-electron chi connectivity index (χ3n) is 2.53. The fourth-order valence-electron chi connectivity index (χ4n) is 1.57. The largest absolute Gasteiger partial charge is 0.323 e. The first-order chi connectivity index (χ1) is 8.66. The van der Waals surface area contributed by atoms with Crippen molar-refractivity contribution in [3.05, 3.63) is 64.9 Å². The Morgan fingerprint density at radius 2 is 1.94 bits per heavy atom. The molecule has 0 spiro atoms. The normalized spacial score (nSPS) is 12.4. The molecule has 0 bridgehead atoms. The van der Waals surface area contributed by atoms with Crippen molar-refractivity contribution in [2.75, 3.05) is 5.75 Å². The van der Waals surface area contributed by atoms with Crippen LogP contribution in [0.3, 0.4) is 0 Å². The van der Waals surface area contributed by atoms with Gasteiger partial charge >= 0.3 is 0 Å². The van der Waals surface area contributed by atoms with Gasteiger partial charge in [-0.15, -0.1) is 11.8 Å². The van der Waals surface area contributed by atoms with E-state index in [9.17, 15) is 4.39 Å². The van der Waals surface area contributed by atoms with E-state index in [4.69, 9.17) is 17.3 Å². The van der Waals surface area contributed by atoms with Crippen molar-refractivity contribution in [2.24, 2.45) is 5.73 Å². The Morgan fingerprint density at radius 1 is 1.17 bits per heavy atom. The lowest BCUT2D eigenvalue weighted by Crippen LogP contribution is -2.12. The van der Waals surface area contributed by atoms with Crippen molar-refractivity contribution in [1.29, 1.82) is 0 Å². The molecule has 2 aromatic carbocycles. The molecule has 0 heterocycles. The van der Waals surface area contributed by atoms with Crippen molar-refractivity contribution in [3.63, 3.8) is 0 Å². The van der Waals surface area contributed by atoms with Gasteiger partial charge in [0.1, 0.15) is 5.82 Å². The summed E-state index contributed by atoms with van der Waals surface area (Å²) < 4.78 is 13.4. The monoisotopic (exact) mass is 281 g/mol. The van der Waals surface area contributed by atoms with Gasteiger partial charge in [-0.25, -0.2) is 4.39 Å². The molecule has 0 aliphatic heterocycles. The van der Waals surface area contributed by atoms with Gasteiger partial charge in [0.05, 0.1) is 0 Å². The molecule has 94 valence electrons. The summed E-state index contributed by atoms with van der Waals surface area (Å²) in [6.45, 7) is 0. The number of halogens is 2. The van der Waals surface area contributed by atoms with E-state index in [1.54, 1.807) is 12.1 Å². The summed E-state index contributed by atoms with van der Waals surface area (Å²) in [5.74, 6) is 0.405. The van der Waals surface area contributed by atoms with Crippen LogP contribution in [0.15, 0.2) is 53.4 Å². The molecule has 4 heteroatoms. The summed E-state index contributed by atoms with van der Waals surface area (Å²) in [5, 5.41) is 0.666. The maximum atomic E-state index is 13.4. The van der Waals surface area contributed by atoms with Crippen LogP contribution in [-0.2, 0) is 0 Å². The molecule has 18 heavy (non-hydrogen) atoms. The van der Waals surface area contributed by atoms with Gasteiger partial charge in [-0.1, -0.05) is 35.9 Å². The van der Waals surface area contributed by atoms with Crippen LogP contribution < -0.4 is 5.73 Å². The number of hydrogen-bond donors (Lipinski definition) is 1. The lowest BCUT2D eigenvalue weighted by molar-refractivity contribution is 0.602. The Morgan fingerprint density at radius 3 is 2.67 bits per heavy atom. The fourth-order valence-corrected chi connectivity index (χ4v) is 2.71. The highest BCUT2D eigenvalue weighted by atomic mass is 35.5. The molecule has 1 nitrogen and oxygen atoms in total. The van der Waals surface area contributed by atoms with Crippen LogP contribution in [0.1, 0.15) is 11.6 Å². The lowest BCUT2D eigenvalue weighted by Gasteiger charge is -2.12. The Kier molecular flexibility index (Phi) is 4.64. The highest BCUT2D eigenvalue weighted by Gasteiger charge is 2.09. The zero-order valence-corrected chi connectivity index (χ0v) is 11.2. The van der Waals surface area contributed by atoms with Crippen LogP contribution in [0, 0.1) is 5.82 Å². The standard InChI is InChI=1S/C14H13ClFNS/c15-11-5-3-4-10(8-11)13(17)9-18-14-7-2-1-6-12(14)16/h1-8,13H,9,17H2. The van der Waals surface area contributed by atoms with Crippen molar-refractivity contribution in [1.82, 2.24) is 0 Å². The van der Waals surface area contributed by atoms with Gasteiger partial charge in [0.2, 0.25) is 0 Å². The van der Waals surface area contributed by atoms with Gasteiger partial charge < -0.3 is 5.73 Å². The molecule has 0 saturated carbocycles. The van der Waals surface area contributed by atoms with E-state index in [1.807, 2.05) is 30.3 Å². The first-order valence-corrected chi connectivity index (χ1v) is 6.91. The van der Waals surface area contributed by atoms with Gasteiger partial charge in [-0.05, 0) is 29.8 Å². The minimum atomic E-state index is -0.208. The minimum absolute atomic E-state index is 0.159. The van der Waals surface area contributed by atoms with Crippen molar-refractivity contribution in [3.8, 4) is 0 Å². The summed E-state index contributed by atoms with van der Waals surface area (Å²) >= 11 is 7.32. The average molecular weight is 282 g/mol. The highest BCUT2D eigenvalue weighted by Crippen LogP contribution is 2.26. The molecule has 0 amide bonds. The summed E-state index contributed by atoms with van der Waals surface area (Å²) in [6, 6.07) is 14.0. The quantitative estimate of drug-likeness (QED) is 0.847. The molecule has 2 aromatic rings. The van der Waals surface area contributed by atoms with E-state index in [0.29, 0.717) is 15.7 Å². The molecule has 1 unspecified atom stereocenters. The number of thioether (sulfide) groups is 1. The molecule has 2 rings (SSSR count). The molecule has 0 aliphatic rings. The van der Waals surface area contributed by atoms with Crippen molar-refractivity contribution >= 4 is 23.4 Å². The molecule has 0 aromatic heterocycles. The second kappa shape index (κ2) is 6.23. The second-order valence-corrected chi connectivity index (χ2v) is 5.40. The molecular weight excluding hydrogens is 269 g/mol. The number of hydrogen-bond acceptors (Lipinski definition) is 2. The Labute approximate surface area is 115 Å². The maximum Gasteiger partial charge on any atom is 0.136 e. The Balaban J connectivity index is 2.00. The first kappa shape index (κ1) is 13.4. The summed E-state index contributed by atoms with van der Waals surface area (Å²) in [6.07, 6.45) is 0. The summed E-state index contributed by atoms with van der Waals surface area (Å²) in [7, 11) is 0. The Bertz CT molecular complexity index is 533. The Hall–Kier alpha value is -1.03. The van der Waals surface area contributed by atoms with Crippen molar-refractivity contribution < 1.29 is 4.39 Å². The van der Waals surface area contributed by atoms with Gasteiger partial charge in [-0.3, -0.25) is 0 Å². The fraction of sp³-hybridized carbons (Fsp3) is 0.143. The smallest absolute Gasteiger partial charge is 0.136 e. The minimum Gasteiger partial charge on any atom is -0.323 e. The molecular formula is C14H13ClFNS. The molecule has 0 fully saturated rings. The van der Waals surface area contributed by atoms with Crippen LogP contribution in [0.4, 0.5) is 4.39 Å². The van der Waals surface area contributed by atoms with Gasteiger partial charge in [0, 0.05) is 21.7 Å². The van der Waals surface area contributed by atoms with Crippen LogP contribution in [0.25, 0.3) is 0 Å². The van der Waals surface area contributed by atoms with Crippen LogP contribution >= 0.6 is 23.4 Å².